The van der Waals surface area contributed by atoms with E-state index in [4.69, 9.17) is 11.6 Å². The van der Waals surface area contributed by atoms with Gasteiger partial charge in [-0.2, -0.15) is 18.2 Å². The lowest BCUT2D eigenvalue weighted by Gasteiger charge is -2.34. The molecule has 0 amide bonds. The van der Waals surface area contributed by atoms with Crippen molar-refractivity contribution in [3.63, 3.8) is 0 Å². The molecule has 1 unspecified atom stereocenters. The van der Waals surface area contributed by atoms with E-state index in [9.17, 15) is 13.2 Å². The van der Waals surface area contributed by atoms with Gasteiger partial charge in [-0.15, -0.1) is 0 Å². The molecule has 1 saturated heterocycles. The number of nitrogens with zero attached hydrogens (tertiary/aromatic N) is 3. The number of halogens is 4. The molecule has 7 heteroatoms. The molecule has 0 saturated carbocycles. The van der Waals surface area contributed by atoms with Crippen molar-refractivity contribution in [2.45, 2.75) is 19.0 Å². The van der Waals surface area contributed by atoms with Crippen LogP contribution in [0.15, 0.2) is 24.3 Å². The molecule has 3 nitrogen and oxygen atoms in total. The first kappa shape index (κ1) is 14.4. The first-order chi connectivity index (χ1) is 9.95. The van der Waals surface area contributed by atoms with Gasteiger partial charge in [0.05, 0.1) is 11.4 Å². The summed E-state index contributed by atoms with van der Waals surface area (Å²) in [5.74, 6) is -0.835. The minimum absolute atomic E-state index is 0.0535. The Morgan fingerprint density at radius 1 is 1.19 bits per heavy atom. The zero-order chi connectivity index (χ0) is 15.0. The first-order valence-corrected chi connectivity index (χ1v) is 7.07. The van der Waals surface area contributed by atoms with Gasteiger partial charge in [-0.05, 0) is 36.6 Å². The Bertz CT molecular complexity index is 659. The molecular formula is C14H13ClF3N3. The van der Waals surface area contributed by atoms with Crippen molar-refractivity contribution in [2.24, 2.45) is 5.92 Å². The Labute approximate surface area is 124 Å². The van der Waals surface area contributed by atoms with Crippen LogP contribution in [0.1, 0.15) is 12.8 Å². The van der Waals surface area contributed by atoms with Gasteiger partial charge in [0.1, 0.15) is 5.82 Å². The fourth-order valence-corrected chi connectivity index (χ4v) is 2.88. The predicted octanol–water partition coefficient (Wildman–Crippen LogP) is 4.06. The Hall–Kier alpha value is -1.56. The summed E-state index contributed by atoms with van der Waals surface area (Å²) in [6, 6.07) is 7.20. The van der Waals surface area contributed by atoms with Crippen LogP contribution in [0.3, 0.4) is 0 Å². The summed E-state index contributed by atoms with van der Waals surface area (Å²) in [5, 5.41) is 0.780. The van der Waals surface area contributed by atoms with Crippen molar-refractivity contribution < 1.29 is 13.2 Å². The van der Waals surface area contributed by atoms with Gasteiger partial charge < -0.3 is 4.90 Å². The van der Waals surface area contributed by atoms with Crippen LogP contribution in [0.25, 0.3) is 10.9 Å². The lowest BCUT2D eigenvalue weighted by atomic mass is 9.97. The molecule has 1 fully saturated rings. The lowest BCUT2D eigenvalue weighted by molar-refractivity contribution is -0.176. The van der Waals surface area contributed by atoms with E-state index in [0.29, 0.717) is 24.3 Å². The second-order valence-electron chi connectivity index (χ2n) is 5.16. The molecule has 0 spiro atoms. The van der Waals surface area contributed by atoms with Crippen molar-refractivity contribution in [1.29, 1.82) is 0 Å². The van der Waals surface area contributed by atoms with E-state index in [-0.39, 0.29) is 18.2 Å². The highest BCUT2D eigenvalue weighted by Crippen LogP contribution is 2.36. The minimum atomic E-state index is -4.18. The molecule has 0 N–H and O–H groups in total. The molecule has 0 aliphatic carbocycles. The summed E-state index contributed by atoms with van der Waals surface area (Å²) < 4.78 is 38.8. The highest BCUT2D eigenvalue weighted by molar-refractivity contribution is 6.28. The van der Waals surface area contributed by atoms with Crippen LogP contribution < -0.4 is 4.90 Å². The van der Waals surface area contributed by atoms with Gasteiger partial charge in [0.2, 0.25) is 5.28 Å². The topological polar surface area (TPSA) is 29.0 Å². The van der Waals surface area contributed by atoms with Gasteiger partial charge >= 0.3 is 6.18 Å². The number of benzene rings is 1. The van der Waals surface area contributed by atoms with Crippen LogP contribution in [-0.4, -0.2) is 29.2 Å². The number of para-hydroxylation sites is 1. The molecular weight excluding hydrogens is 303 g/mol. The summed E-state index contributed by atoms with van der Waals surface area (Å²) in [6.45, 7) is 0.463. The normalized spacial score (nSPS) is 20.0. The quantitative estimate of drug-likeness (QED) is 0.743. The number of hydrogen-bond acceptors (Lipinski definition) is 3. The van der Waals surface area contributed by atoms with Crippen LogP contribution in [0, 0.1) is 5.92 Å². The Kier molecular flexibility index (Phi) is 3.65. The van der Waals surface area contributed by atoms with Crippen LogP contribution in [0.4, 0.5) is 19.0 Å². The van der Waals surface area contributed by atoms with Crippen LogP contribution >= 0.6 is 11.6 Å². The third-order valence-electron chi connectivity index (χ3n) is 3.74. The van der Waals surface area contributed by atoms with Crippen molar-refractivity contribution in [3.8, 4) is 0 Å². The molecule has 1 aromatic heterocycles. The van der Waals surface area contributed by atoms with Gasteiger partial charge in [-0.1, -0.05) is 12.1 Å². The van der Waals surface area contributed by atoms with E-state index >= 15 is 0 Å². The monoisotopic (exact) mass is 315 g/mol. The van der Waals surface area contributed by atoms with E-state index in [1.165, 1.54) is 0 Å². The average Bonchev–Trinajstić information content (AvgIpc) is 2.45. The van der Waals surface area contributed by atoms with Crippen LogP contribution in [0.5, 0.6) is 0 Å². The number of fused-ring (bicyclic) bond motifs is 1. The van der Waals surface area contributed by atoms with Crippen molar-refractivity contribution in [2.75, 3.05) is 18.0 Å². The highest BCUT2D eigenvalue weighted by atomic mass is 35.5. The first-order valence-electron chi connectivity index (χ1n) is 6.69. The second-order valence-corrected chi connectivity index (χ2v) is 5.50. The van der Waals surface area contributed by atoms with E-state index in [1.54, 1.807) is 17.0 Å². The van der Waals surface area contributed by atoms with Gasteiger partial charge in [0, 0.05) is 18.5 Å². The van der Waals surface area contributed by atoms with Crippen molar-refractivity contribution >= 4 is 28.3 Å². The number of aromatic nitrogens is 2. The molecule has 0 radical (unpaired) electrons. The number of alkyl halides is 3. The molecule has 1 atom stereocenters. The minimum Gasteiger partial charge on any atom is -0.355 e. The van der Waals surface area contributed by atoms with E-state index in [1.807, 2.05) is 12.1 Å². The Morgan fingerprint density at radius 3 is 2.71 bits per heavy atom. The third-order valence-corrected chi connectivity index (χ3v) is 3.91. The summed E-state index contributed by atoms with van der Waals surface area (Å²) in [6.07, 6.45) is -3.53. The molecule has 112 valence electrons. The number of anilines is 1. The average molecular weight is 316 g/mol. The summed E-state index contributed by atoms with van der Waals surface area (Å²) >= 11 is 5.90. The maximum atomic E-state index is 12.9. The largest absolute Gasteiger partial charge is 0.393 e. The SMILES string of the molecule is FC(F)(F)C1CCCN(c2nc(Cl)nc3ccccc23)C1. The van der Waals surface area contributed by atoms with Gasteiger partial charge in [-0.3, -0.25) is 0 Å². The number of piperidine rings is 1. The van der Waals surface area contributed by atoms with E-state index < -0.39 is 12.1 Å². The molecule has 1 aromatic carbocycles. The fraction of sp³-hybridized carbons (Fsp3) is 0.429. The zero-order valence-electron chi connectivity index (χ0n) is 11.1. The molecule has 2 aromatic rings. The highest BCUT2D eigenvalue weighted by Gasteiger charge is 2.42. The summed E-state index contributed by atoms with van der Waals surface area (Å²) in [5.41, 5.74) is 0.640. The van der Waals surface area contributed by atoms with Crippen LogP contribution in [-0.2, 0) is 0 Å². The van der Waals surface area contributed by atoms with Gasteiger partial charge in [-0.25, -0.2) is 4.98 Å². The third kappa shape index (κ3) is 2.90. The predicted molar refractivity (Wildman–Crippen MR) is 75.5 cm³/mol. The molecule has 21 heavy (non-hydrogen) atoms. The molecule has 1 aliphatic heterocycles. The molecule has 2 heterocycles. The van der Waals surface area contributed by atoms with Crippen molar-refractivity contribution in [3.05, 3.63) is 29.5 Å². The van der Waals surface area contributed by atoms with E-state index in [0.717, 1.165) is 5.39 Å². The maximum Gasteiger partial charge on any atom is 0.393 e. The molecule has 3 rings (SSSR count). The molecule has 1 aliphatic rings. The number of rotatable bonds is 1. The van der Waals surface area contributed by atoms with Gasteiger partial charge in [0.25, 0.3) is 0 Å². The zero-order valence-corrected chi connectivity index (χ0v) is 11.8. The smallest absolute Gasteiger partial charge is 0.355 e. The maximum absolute atomic E-state index is 12.9. The second kappa shape index (κ2) is 5.33. The molecule has 0 bridgehead atoms. The van der Waals surface area contributed by atoms with Crippen LogP contribution in [0.2, 0.25) is 5.28 Å². The summed E-state index contributed by atoms with van der Waals surface area (Å²) in [7, 11) is 0. The fourth-order valence-electron chi connectivity index (χ4n) is 2.71. The Morgan fingerprint density at radius 2 is 1.95 bits per heavy atom. The van der Waals surface area contributed by atoms with E-state index in [2.05, 4.69) is 9.97 Å². The number of hydrogen-bond donors (Lipinski definition) is 0. The van der Waals surface area contributed by atoms with Gasteiger partial charge in [0.15, 0.2) is 0 Å². The van der Waals surface area contributed by atoms with Crippen molar-refractivity contribution in [1.82, 2.24) is 9.97 Å². The lowest BCUT2D eigenvalue weighted by Crippen LogP contribution is -2.42. The Balaban J connectivity index is 2.00. The summed E-state index contributed by atoms with van der Waals surface area (Å²) in [4.78, 5) is 9.92. The standard InChI is InChI=1S/C14H13ClF3N3/c15-13-19-11-6-2-1-5-10(11)12(20-13)21-7-3-4-9(8-21)14(16,17)18/h1-2,5-6,9H,3-4,7-8H2.